The maximum atomic E-state index is 13.7. The normalized spacial score (nSPS) is 13.9. The molecule has 0 saturated carbocycles. The Morgan fingerprint density at radius 2 is 1.66 bits per heavy atom. The second kappa shape index (κ2) is 11.7. The van der Waals surface area contributed by atoms with Gasteiger partial charge in [0, 0.05) is 43.3 Å². The monoisotopic (exact) mass is 532 g/mol. The number of piperazine rings is 1. The summed E-state index contributed by atoms with van der Waals surface area (Å²) in [6.45, 7) is 3.68. The number of methoxy groups -OCH3 is 1. The molecule has 0 radical (unpaired) electrons. The van der Waals surface area contributed by atoms with Crippen LogP contribution < -0.4 is 19.9 Å². The van der Waals surface area contributed by atoms with Crippen LogP contribution in [-0.4, -0.2) is 66.2 Å². The highest BCUT2D eigenvalue weighted by molar-refractivity contribution is 6.30. The van der Waals surface area contributed by atoms with Crippen molar-refractivity contribution in [1.82, 2.24) is 14.7 Å². The van der Waals surface area contributed by atoms with Crippen LogP contribution in [0.2, 0.25) is 5.02 Å². The zero-order valence-corrected chi connectivity index (χ0v) is 21.8. The number of halogens is 1. The Kier molecular flexibility index (Phi) is 7.93. The summed E-state index contributed by atoms with van der Waals surface area (Å²) in [6.07, 6.45) is 1.68. The first kappa shape index (κ1) is 25.8. The summed E-state index contributed by atoms with van der Waals surface area (Å²) in [7, 11) is 1.65. The quantitative estimate of drug-likeness (QED) is 0.358. The predicted octanol–water partition coefficient (Wildman–Crippen LogP) is 4.47. The van der Waals surface area contributed by atoms with E-state index in [9.17, 15) is 9.90 Å². The summed E-state index contributed by atoms with van der Waals surface area (Å²) in [5.41, 5.74) is 2.81. The Morgan fingerprint density at radius 3 is 2.34 bits per heavy atom. The molecule has 0 unspecified atom stereocenters. The lowest BCUT2D eigenvalue weighted by atomic mass is 10.0. The van der Waals surface area contributed by atoms with Crippen molar-refractivity contribution in [3.63, 3.8) is 0 Å². The van der Waals surface area contributed by atoms with Gasteiger partial charge in [-0.05, 0) is 48.0 Å². The minimum absolute atomic E-state index is 0.123. The summed E-state index contributed by atoms with van der Waals surface area (Å²) >= 11 is 6.05. The van der Waals surface area contributed by atoms with Crippen molar-refractivity contribution in [2.45, 2.75) is 0 Å². The van der Waals surface area contributed by atoms with Crippen LogP contribution >= 0.6 is 11.6 Å². The number of hydrogen-bond donors (Lipinski definition) is 1. The predicted molar refractivity (Wildman–Crippen MR) is 149 cm³/mol. The topological polar surface area (TPSA) is 80.1 Å². The number of ether oxygens (including phenoxy) is 2. The first-order valence-corrected chi connectivity index (χ1v) is 12.8. The molecular weight excluding hydrogens is 504 g/mol. The lowest BCUT2D eigenvalue weighted by Crippen LogP contribution is -2.47. The number of nitrogens with zero attached hydrogens (tertiary/aromatic N) is 4. The number of anilines is 1. The van der Waals surface area contributed by atoms with Gasteiger partial charge in [-0.1, -0.05) is 41.9 Å². The number of benzene rings is 3. The van der Waals surface area contributed by atoms with E-state index < -0.39 is 0 Å². The summed E-state index contributed by atoms with van der Waals surface area (Å²) < 4.78 is 13.1. The molecule has 1 aromatic heterocycles. The lowest BCUT2D eigenvalue weighted by Gasteiger charge is -2.36. The molecule has 0 atom stereocenters. The highest BCUT2D eigenvalue weighted by atomic mass is 35.5. The minimum Gasteiger partial charge on any atom is -0.496 e. The molecule has 1 aliphatic rings. The number of hydrogen-bond acceptors (Lipinski definition) is 7. The summed E-state index contributed by atoms with van der Waals surface area (Å²) in [5.74, 6) is 1.52. The number of aliphatic hydroxyl groups is 1. The van der Waals surface area contributed by atoms with E-state index in [2.05, 4.69) is 14.9 Å². The molecule has 0 aliphatic carbocycles. The molecule has 1 saturated heterocycles. The van der Waals surface area contributed by atoms with Crippen molar-refractivity contribution in [2.75, 3.05) is 51.3 Å². The second-order valence-corrected chi connectivity index (χ2v) is 9.37. The third-order valence-corrected chi connectivity index (χ3v) is 6.86. The molecular formula is C29H29ClN4O4. The highest BCUT2D eigenvalue weighted by Gasteiger charge is 2.24. The first-order chi connectivity index (χ1) is 18.6. The first-order valence-electron chi connectivity index (χ1n) is 12.4. The van der Waals surface area contributed by atoms with Crippen molar-refractivity contribution >= 4 is 17.3 Å². The van der Waals surface area contributed by atoms with Crippen LogP contribution in [0.5, 0.6) is 17.2 Å². The zero-order valence-electron chi connectivity index (χ0n) is 21.1. The molecule has 0 spiro atoms. The zero-order chi connectivity index (χ0) is 26.5. The van der Waals surface area contributed by atoms with E-state index in [0.717, 1.165) is 30.0 Å². The van der Waals surface area contributed by atoms with Gasteiger partial charge in [0.05, 0.1) is 25.6 Å². The number of aliphatic hydroxyl groups excluding tert-OH is 1. The summed E-state index contributed by atoms with van der Waals surface area (Å²) in [5, 5.41) is 14.3. The fourth-order valence-corrected chi connectivity index (χ4v) is 4.70. The number of rotatable bonds is 8. The Hall–Kier alpha value is -3.85. The van der Waals surface area contributed by atoms with Crippen LogP contribution in [0.3, 0.4) is 0 Å². The fourth-order valence-electron chi connectivity index (χ4n) is 4.57. The highest BCUT2D eigenvalue weighted by Crippen LogP contribution is 2.33. The van der Waals surface area contributed by atoms with E-state index >= 15 is 0 Å². The van der Waals surface area contributed by atoms with Gasteiger partial charge in [0.2, 0.25) is 5.75 Å². The number of para-hydroxylation sites is 1. The molecule has 2 heterocycles. The van der Waals surface area contributed by atoms with Crippen LogP contribution in [0.25, 0.3) is 16.8 Å². The molecule has 1 N–H and O–H groups in total. The van der Waals surface area contributed by atoms with E-state index in [4.69, 9.17) is 21.1 Å². The molecule has 1 aliphatic heterocycles. The van der Waals surface area contributed by atoms with Crippen molar-refractivity contribution in [3.05, 3.63) is 94.4 Å². The van der Waals surface area contributed by atoms with Crippen LogP contribution in [0.15, 0.2) is 83.8 Å². The Labute approximate surface area is 226 Å². The van der Waals surface area contributed by atoms with Crippen molar-refractivity contribution in [3.8, 4) is 34.1 Å². The maximum absolute atomic E-state index is 13.7. The van der Waals surface area contributed by atoms with Gasteiger partial charge >= 0.3 is 5.56 Å². The molecule has 196 valence electrons. The minimum atomic E-state index is -0.364. The molecule has 1 fully saturated rings. The average molecular weight is 533 g/mol. The maximum Gasteiger partial charge on any atom is 0.316 e. The third-order valence-electron chi connectivity index (χ3n) is 6.61. The Bertz CT molecular complexity index is 1430. The molecule has 8 nitrogen and oxygen atoms in total. The molecule has 3 aromatic carbocycles. The van der Waals surface area contributed by atoms with Gasteiger partial charge in [-0.25, -0.2) is 0 Å². The van der Waals surface area contributed by atoms with Gasteiger partial charge in [-0.15, -0.1) is 0 Å². The standard InChI is InChI=1S/C29H29ClN4O4/c1-37-27-5-3-2-4-25(27)21-6-12-24(13-7-21)38-28-26(33-16-14-32(15-17-33)18-19-35)20-31-34(29(28)36)23-10-8-22(30)9-11-23/h2-13,20,35H,14-19H2,1H3. The smallest absolute Gasteiger partial charge is 0.316 e. The largest absolute Gasteiger partial charge is 0.496 e. The molecule has 0 bridgehead atoms. The van der Waals surface area contributed by atoms with Gasteiger partial charge in [-0.3, -0.25) is 9.69 Å². The number of aromatic nitrogens is 2. The van der Waals surface area contributed by atoms with E-state index in [1.165, 1.54) is 4.68 Å². The third kappa shape index (κ3) is 5.52. The van der Waals surface area contributed by atoms with E-state index in [0.29, 0.717) is 41.8 Å². The molecule has 4 aromatic rings. The van der Waals surface area contributed by atoms with Crippen molar-refractivity contribution in [2.24, 2.45) is 0 Å². The fraction of sp³-hybridized carbons (Fsp3) is 0.241. The van der Waals surface area contributed by atoms with E-state index in [-0.39, 0.29) is 17.9 Å². The molecule has 5 rings (SSSR count). The van der Waals surface area contributed by atoms with Crippen molar-refractivity contribution in [1.29, 1.82) is 0 Å². The summed E-state index contributed by atoms with van der Waals surface area (Å²) in [4.78, 5) is 18.0. The van der Waals surface area contributed by atoms with Gasteiger partial charge < -0.3 is 19.5 Å². The SMILES string of the molecule is COc1ccccc1-c1ccc(Oc2c(N3CCN(CCO)CC3)cnn(-c3ccc(Cl)cc3)c2=O)cc1. The molecule has 38 heavy (non-hydrogen) atoms. The van der Waals surface area contributed by atoms with E-state index in [1.54, 1.807) is 37.6 Å². The van der Waals surface area contributed by atoms with Gasteiger partial charge in [0.1, 0.15) is 17.2 Å². The van der Waals surface area contributed by atoms with Crippen LogP contribution in [0.4, 0.5) is 5.69 Å². The van der Waals surface area contributed by atoms with Gasteiger partial charge in [-0.2, -0.15) is 9.78 Å². The Morgan fingerprint density at radius 1 is 0.947 bits per heavy atom. The van der Waals surface area contributed by atoms with Gasteiger partial charge in [0.25, 0.3) is 0 Å². The Balaban J connectivity index is 1.49. The van der Waals surface area contributed by atoms with Crippen molar-refractivity contribution < 1.29 is 14.6 Å². The van der Waals surface area contributed by atoms with Crippen LogP contribution in [0, 0.1) is 0 Å². The molecule has 9 heteroatoms. The second-order valence-electron chi connectivity index (χ2n) is 8.93. The van der Waals surface area contributed by atoms with Crippen LogP contribution in [-0.2, 0) is 0 Å². The summed E-state index contributed by atoms with van der Waals surface area (Å²) in [6, 6.07) is 22.3. The average Bonchev–Trinajstić information content (AvgIpc) is 2.96. The molecule has 0 amide bonds. The number of β-amino-alcohol motifs (C(OH)–C–C–N with tert-alkyl or cyclic N) is 1. The van der Waals surface area contributed by atoms with Gasteiger partial charge in [0.15, 0.2) is 0 Å². The van der Waals surface area contributed by atoms with Crippen LogP contribution in [0.1, 0.15) is 0 Å². The lowest BCUT2D eigenvalue weighted by molar-refractivity contribution is 0.188. The van der Waals surface area contributed by atoms with E-state index in [1.807, 2.05) is 48.5 Å².